The van der Waals surface area contributed by atoms with Crippen LogP contribution in [0.5, 0.6) is 0 Å². The predicted octanol–water partition coefficient (Wildman–Crippen LogP) is -0.0421. The Morgan fingerprint density at radius 2 is 2.11 bits per heavy atom. The molecule has 1 amide bonds. The molecule has 0 fully saturated rings. The van der Waals surface area contributed by atoms with Gasteiger partial charge in [0.25, 0.3) is 5.91 Å². The van der Waals surface area contributed by atoms with Crippen molar-refractivity contribution >= 4 is 33.1 Å². The van der Waals surface area contributed by atoms with E-state index in [-0.39, 0.29) is 23.0 Å². The van der Waals surface area contributed by atoms with Crippen LogP contribution in [0, 0.1) is 0 Å². The Morgan fingerprint density at radius 1 is 1.50 bits per heavy atom. The zero-order valence-electron chi connectivity index (χ0n) is 9.78. The summed E-state index contributed by atoms with van der Waals surface area (Å²) in [6, 6.07) is 0. The number of rotatable bonds is 5. The van der Waals surface area contributed by atoms with Crippen molar-refractivity contribution in [3.05, 3.63) is 16.1 Å². The summed E-state index contributed by atoms with van der Waals surface area (Å²) in [5.74, 6) is -1.84. The van der Waals surface area contributed by atoms with Gasteiger partial charge >= 0.3 is 5.97 Å². The van der Waals surface area contributed by atoms with E-state index in [2.05, 4.69) is 4.98 Å². The number of carboxylic acids is 1. The summed E-state index contributed by atoms with van der Waals surface area (Å²) < 4.78 is 21.9. The summed E-state index contributed by atoms with van der Waals surface area (Å²) >= 11 is 0.915. The van der Waals surface area contributed by atoms with Crippen LogP contribution in [-0.4, -0.2) is 60.9 Å². The number of thiazole rings is 1. The third-order valence-corrected chi connectivity index (χ3v) is 3.80. The topological polar surface area (TPSA) is 105 Å². The summed E-state index contributed by atoms with van der Waals surface area (Å²) in [4.78, 5) is 27.2. The van der Waals surface area contributed by atoms with Gasteiger partial charge in [-0.3, -0.25) is 4.79 Å². The van der Waals surface area contributed by atoms with E-state index in [0.29, 0.717) is 0 Å². The maximum atomic E-state index is 11.8. The molecular weight excluding hydrogens is 280 g/mol. The zero-order valence-corrected chi connectivity index (χ0v) is 11.4. The van der Waals surface area contributed by atoms with Crippen molar-refractivity contribution in [2.24, 2.45) is 0 Å². The molecule has 0 spiro atoms. The van der Waals surface area contributed by atoms with Gasteiger partial charge < -0.3 is 10.0 Å². The van der Waals surface area contributed by atoms with Gasteiger partial charge in [0.15, 0.2) is 10.7 Å². The molecule has 1 heterocycles. The largest absolute Gasteiger partial charge is 0.476 e. The van der Waals surface area contributed by atoms with Crippen molar-refractivity contribution in [1.82, 2.24) is 9.88 Å². The maximum Gasteiger partial charge on any atom is 0.355 e. The standard InChI is InChI=1S/C9H12N2O5S2/c1-11(3-4-18(2,15)16)8(12)7-10-6(5-17-7)9(13)14/h5H,3-4H2,1-2H3,(H,13,14). The van der Waals surface area contributed by atoms with Crippen LogP contribution in [0.4, 0.5) is 0 Å². The smallest absolute Gasteiger partial charge is 0.355 e. The third kappa shape index (κ3) is 4.08. The second-order valence-electron chi connectivity index (χ2n) is 3.70. The molecule has 0 saturated heterocycles. The quantitative estimate of drug-likeness (QED) is 0.816. The third-order valence-electron chi connectivity index (χ3n) is 2.05. The number of carbonyl (C=O) groups excluding carboxylic acids is 1. The van der Waals surface area contributed by atoms with Crippen LogP contribution in [0.1, 0.15) is 20.3 Å². The first-order valence-electron chi connectivity index (χ1n) is 4.82. The van der Waals surface area contributed by atoms with Gasteiger partial charge in [0.2, 0.25) is 0 Å². The molecule has 18 heavy (non-hydrogen) atoms. The molecule has 100 valence electrons. The number of carboxylic acid groups (broad SMARTS) is 1. The van der Waals surface area contributed by atoms with E-state index in [9.17, 15) is 18.0 Å². The second kappa shape index (κ2) is 5.44. The van der Waals surface area contributed by atoms with E-state index in [1.807, 2.05) is 0 Å². The lowest BCUT2D eigenvalue weighted by Crippen LogP contribution is -2.31. The highest BCUT2D eigenvalue weighted by atomic mass is 32.2. The molecule has 0 saturated carbocycles. The Morgan fingerprint density at radius 3 is 2.56 bits per heavy atom. The van der Waals surface area contributed by atoms with E-state index < -0.39 is 21.7 Å². The molecule has 1 rings (SSSR count). The van der Waals surface area contributed by atoms with Crippen LogP contribution in [0.25, 0.3) is 0 Å². The summed E-state index contributed by atoms with van der Waals surface area (Å²) in [7, 11) is -1.71. The van der Waals surface area contributed by atoms with E-state index in [0.717, 1.165) is 17.6 Å². The number of sulfone groups is 1. The van der Waals surface area contributed by atoms with Gasteiger partial charge in [0.05, 0.1) is 5.75 Å². The fraction of sp³-hybridized carbons (Fsp3) is 0.444. The zero-order chi connectivity index (χ0) is 13.9. The van der Waals surface area contributed by atoms with Crippen molar-refractivity contribution in [3.8, 4) is 0 Å². The number of aromatic nitrogens is 1. The molecule has 0 aliphatic rings. The van der Waals surface area contributed by atoms with Gasteiger partial charge in [0, 0.05) is 25.2 Å². The van der Waals surface area contributed by atoms with E-state index >= 15 is 0 Å². The molecule has 0 atom stereocenters. The highest BCUT2D eigenvalue weighted by Gasteiger charge is 2.19. The van der Waals surface area contributed by atoms with Crippen LogP contribution in [0.3, 0.4) is 0 Å². The first kappa shape index (κ1) is 14.6. The summed E-state index contributed by atoms with van der Waals surface area (Å²) in [5, 5.41) is 9.96. The van der Waals surface area contributed by atoms with Crippen molar-refractivity contribution in [1.29, 1.82) is 0 Å². The number of hydrogen-bond acceptors (Lipinski definition) is 6. The van der Waals surface area contributed by atoms with Gasteiger partial charge in [0.1, 0.15) is 9.84 Å². The number of aromatic carboxylic acids is 1. The molecule has 1 aromatic heterocycles. The van der Waals surface area contributed by atoms with Crippen molar-refractivity contribution in [2.75, 3.05) is 25.6 Å². The monoisotopic (exact) mass is 292 g/mol. The minimum absolute atomic E-state index is 0.0309. The average Bonchev–Trinajstić information content (AvgIpc) is 2.73. The predicted molar refractivity (Wildman–Crippen MR) is 65.7 cm³/mol. The van der Waals surface area contributed by atoms with Crippen molar-refractivity contribution in [3.63, 3.8) is 0 Å². The minimum Gasteiger partial charge on any atom is -0.476 e. The molecule has 0 aliphatic heterocycles. The van der Waals surface area contributed by atoms with Gasteiger partial charge in [-0.15, -0.1) is 11.3 Å². The van der Waals surface area contributed by atoms with E-state index in [1.54, 1.807) is 0 Å². The van der Waals surface area contributed by atoms with Crippen LogP contribution < -0.4 is 0 Å². The first-order valence-corrected chi connectivity index (χ1v) is 7.77. The molecule has 0 bridgehead atoms. The highest BCUT2D eigenvalue weighted by molar-refractivity contribution is 7.90. The van der Waals surface area contributed by atoms with Crippen LogP contribution >= 0.6 is 11.3 Å². The Balaban J connectivity index is 2.71. The lowest BCUT2D eigenvalue weighted by Gasteiger charge is -2.14. The van der Waals surface area contributed by atoms with E-state index in [4.69, 9.17) is 5.11 Å². The fourth-order valence-electron chi connectivity index (χ4n) is 1.04. The van der Waals surface area contributed by atoms with Gasteiger partial charge in [-0.2, -0.15) is 0 Å². The Labute approximate surface area is 108 Å². The Hall–Kier alpha value is -1.48. The van der Waals surface area contributed by atoms with Crippen molar-refractivity contribution < 1.29 is 23.1 Å². The molecule has 0 radical (unpaired) electrons. The number of hydrogen-bond donors (Lipinski definition) is 1. The summed E-state index contributed by atoms with van der Waals surface area (Å²) in [5.41, 5.74) is -0.195. The highest BCUT2D eigenvalue weighted by Crippen LogP contribution is 2.11. The normalized spacial score (nSPS) is 11.2. The van der Waals surface area contributed by atoms with E-state index in [1.165, 1.54) is 17.3 Å². The molecule has 7 nitrogen and oxygen atoms in total. The van der Waals surface area contributed by atoms with Crippen LogP contribution in [0.2, 0.25) is 0 Å². The number of amides is 1. The second-order valence-corrected chi connectivity index (χ2v) is 6.82. The molecular formula is C9H12N2O5S2. The first-order chi connectivity index (χ1) is 8.20. The number of nitrogens with zero attached hydrogens (tertiary/aromatic N) is 2. The summed E-state index contributed by atoms with van der Waals surface area (Å²) in [6.07, 6.45) is 1.08. The van der Waals surface area contributed by atoms with Crippen LogP contribution in [0.15, 0.2) is 5.38 Å². The Bertz CT molecular complexity index is 563. The lowest BCUT2D eigenvalue weighted by atomic mass is 10.5. The molecule has 0 aromatic carbocycles. The Kier molecular flexibility index (Phi) is 4.41. The minimum atomic E-state index is -3.15. The SMILES string of the molecule is CN(CCS(C)(=O)=O)C(=O)c1nc(C(=O)O)cs1. The molecule has 1 N–H and O–H groups in total. The molecule has 0 aliphatic carbocycles. The number of carbonyl (C=O) groups is 2. The van der Waals surface area contributed by atoms with Gasteiger partial charge in [-0.05, 0) is 0 Å². The average molecular weight is 292 g/mol. The molecule has 1 aromatic rings. The summed E-state index contributed by atoms with van der Waals surface area (Å²) in [6.45, 7) is 0.0413. The molecule has 0 unspecified atom stereocenters. The molecule has 9 heteroatoms. The van der Waals surface area contributed by atoms with Gasteiger partial charge in [-0.25, -0.2) is 18.2 Å². The maximum absolute atomic E-state index is 11.8. The fourth-order valence-corrected chi connectivity index (χ4v) is 2.43. The van der Waals surface area contributed by atoms with Gasteiger partial charge in [-0.1, -0.05) is 0 Å². The van der Waals surface area contributed by atoms with Crippen molar-refractivity contribution in [2.45, 2.75) is 0 Å². The lowest BCUT2D eigenvalue weighted by molar-refractivity contribution is 0.0691. The van der Waals surface area contributed by atoms with Crippen LogP contribution in [-0.2, 0) is 9.84 Å².